The van der Waals surface area contributed by atoms with Crippen LogP contribution in [0.5, 0.6) is 11.5 Å². The summed E-state index contributed by atoms with van der Waals surface area (Å²) in [6.45, 7) is 0. The van der Waals surface area contributed by atoms with Gasteiger partial charge in [-0.3, -0.25) is 4.79 Å². The lowest BCUT2D eigenvalue weighted by Crippen LogP contribution is -2.17. The van der Waals surface area contributed by atoms with Gasteiger partial charge in [-0.25, -0.2) is 0 Å². The third-order valence-electron chi connectivity index (χ3n) is 3.71. The Kier molecular flexibility index (Phi) is 4.79. The highest BCUT2D eigenvalue weighted by Gasteiger charge is 2.31. The molecule has 0 aromatic heterocycles. The third-order valence-corrected chi connectivity index (χ3v) is 3.71. The molecule has 0 radical (unpaired) electrons. The zero-order chi connectivity index (χ0) is 17.9. The van der Waals surface area contributed by atoms with Crippen LogP contribution in [-0.2, 0) is 11.2 Å². The van der Waals surface area contributed by atoms with E-state index in [1.165, 1.54) is 24.3 Å². The molecule has 0 unspecified atom stereocenters. The van der Waals surface area contributed by atoms with E-state index in [4.69, 9.17) is 4.74 Å². The number of hydrogen-bond donors (Lipinski definition) is 0. The lowest BCUT2D eigenvalue weighted by atomic mass is 9.96. The van der Waals surface area contributed by atoms with E-state index in [-0.39, 0.29) is 17.3 Å². The van der Waals surface area contributed by atoms with Gasteiger partial charge in [-0.15, -0.1) is 13.2 Å². The molecular weight excluding hydrogens is 333 g/mol. The number of alkyl halides is 3. The molecule has 0 spiro atoms. The maximum absolute atomic E-state index is 12.4. The standard InChI is InChI=1S/C19H15F3O3/c20-19(21,22)25-16-9-4-8-15(12-16)24-18-11-14(23)7-3-6-13-5-1-2-10-17(13)18/h1-2,4-5,8-12H,3,6-7H2/b18-11+. The first kappa shape index (κ1) is 17.1. The van der Waals surface area contributed by atoms with E-state index in [9.17, 15) is 18.0 Å². The third kappa shape index (κ3) is 4.62. The van der Waals surface area contributed by atoms with Crippen LogP contribution in [-0.4, -0.2) is 12.1 Å². The number of benzene rings is 2. The van der Waals surface area contributed by atoms with Crippen molar-refractivity contribution in [2.24, 2.45) is 0 Å². The van der Waals surface area contributed by atoms with Crippen molar-refractivity contribution in [1.82, 2.24) is 0 Å². The molecule has 0 saturated carbocycles. The van der Waals surface area contributed by atoms with Gasteiger partial charge in [-0.05, 0) is 30.5 Å². The average Bonchev–Trinajstić information content (AvgIpc) is 2.52. The van der Waals surface area contributed by atoms with Gasteiger partial charge >= 0.3 is 6.36 Å². The molecule has 6 heteroatoms. The number of carbonyl (C=O) groups is 1. The number of ether oxygens (including phenoxy) is 2. The molecule has 3 nitrogen and oxygen atoms in total. The summed E-state index contributed by atoms with van der Waals surface area (Å²) in [6, 6.07) is 12.7. The zero-order valence-electron chi connectivity index (χ0n) is 13.2. The Hall–Kier alpha value is -2.76. The number of allylic oxidation sites excluding steroid dienone is 1. The minimum Gasteiger partial charge on any atom is -0.456 e. The van der Waals surface area contributed by atoms with E-state index < -0.39 is 6.36 Å². The van der Waals surface area contributed by atoms with E-state index in [0.29, 0.717) is 12.2 Å². The van der Waals surface area contributed by atoms with Crippen LogP contribution in [0, 0.1) is 0 Å². The van der Waals surface area contributed by atoms with Crippen LogP contribution in [0.4, 0.5) is 13.2 Å². The second-order valence-corrected chi connectivity index (χ2v) is 5.61. The van der Waals surface area contributed by atoms with E-state index >= 15 is 0 Å². The maximum atomic E-state index is 12.4. The number of ketones is 1. The Balaban J connectivity index is 1.92. The van der Waals surface area contributed by atoms with Crippen molar-refractivity contribution in [3.63, 3.8) is 0 Å². The molecule has 2 aromatic carbocycles. The molecule has 0 N–H and O–H groups in total. The Morgan fingerprint density at radius 3 is 2.48 bits per heavy atom. The summed E-state index contributed by atoms with van der Waals surface area (Å²) in [5.41, 5.74) is 1.79. The normalized spacial score (nSPS) is 16.9. The minimum absolute atomic E-state index is 0.0767. The molecule has 3 rings (SSSR count). The quantitative estimate of drug-likeness (QED) is 0.791. The summed E-state index contributed by atoms with van der Waals surface area (Å²) in [5, 5.41) is 0. The number of fused-ring (bicyclic) bond motifs is 1. The number of halogens is 3. The van der Waals surface area contributed by atoms with Crippen LogP contribution < -0.4 is 9.47 Å². The summed E-state index contributed by atoms with van der Waals surface area (Å²) < 4.78 is 46.7. The van der Waals surface area contributed by atoms with E-state index in [1.54, 1.807) is 0 Å². The molecule has 0 amide bonds. The lowest BCUT2D eigenvalue weighted by molar-refractivity contribution is -0.274. The maximum Gasteiger partial charge on any atom is 0.573 e. The van der Waals surface area contributed by atoms with Crippen LogP contribution in [0.1, 0.15) is 24.0 Å². The van der Waals surface area contributed by atoms with Crippen molar-refractivity contribution in [2.45, 2.75) is 25.6 Å². The van der Waals surface area contributed by atoms with Crippen LogP contribution in [0.25, 0.3) is 5.76 Å². The van der Waals surface area contributed by atoms with Gasteiger partial charge in [-0.2, -0.15) is 0 Å². The fourth-order valence-corrected chi connectivity index (χ4v) is 2.67. The average molecular weight is 348 g/mol. The highest BCUT2D eigenvalue weighted by molar-refractivity contribution is 5.96. The molecule has 1 aliphatic rings. The van der Waals surface area contributed by atoms with Crippen LogP contribution >= 0.6 is 0 Å². The number of hydrogen-bond acceptors (Lipinski definition) is 3. The van der Waals surface area contributed by atoms with Gasteiger partial charge in [0.1, 0.15) is 17.3 Å². The van der Waals surface area contributed by atoms with Crippen LogP contribution in [0.2, 0.25) is 0 Å². The smallest absolute Gasteiger partial charge is 0.456 e. The highest BCUT2D eigenvalue weighted by Crippen LogP contribution is 2.30. The molecule has 0 fully saturated rings. The second-order valence-electron chi connectivity index (χ2n) is 5.61. The monoisotopic (exact) mass is 348 g/mol. The lowest BCUT2D eigenvalue weighted by Gasteiger charge is -2.17. The Bertz CT molecular complexity index is 810. The largest absolute Gasteiger partial charge is 0.573 e. The predicted octanol–water partition coefficient (Wildman–Crippen LogP) is 4.91. The van der Waals surface area contributed by atoms with Gasteiger partial charge in [0, 0.05) is 24.1 Å². The van der Waals surface area contributed by atoms with E-state index in [2.05, 4.69) is 4.74 Å². The van der Waals surface area contributed by atoms with Crippen molar-refractivity contribution in [3.8, 4) is 11.5 Å². The predicted molar refractivity (Wildman–Crippen MR) is 86.1 cm³/mol. The first-order chi connectivity index (χ1) is 11.9. The zero-order valence-corrected chi connectivity index (χ0v) is 13.2. The number of aryl methyl sites for hydroxylation is 1. The highest BCUT2D eigenvalue weighted by atomic mass is 19.4. The summed E-state index contributed by atoms with van der Waals surface area (Å²) >= 11 is 0. The summed E-state index contributed by atoms with van der Waals surface area (Å²) in [7, 11) is 0. The van der Waals surface area contributed by atoms with Crippen molar-refractivity contribution in [2.75, 3.05) is 0 Å². The van der Waals surface area contributed by atoms with Crippen LogP contribution in [0.15, 0.2) is 54.6 Å². The molecule has 0 saturated heterocycles. The van der Waals surface area contributed by atoms with E-state index in [0.717, 1.165) is 30.0 Å². The molecule has 130 valence electrons. The molecule has 2 aromatic rings. The molecule has 0 heterocycles. The molecule has 0 bridgehead atoms. The first-order valence-electron chi connectivity index (χ1n) is 7.77. The Morgan fingerprint density at radius 1 is 0.920 bits per heavy atom. The molecular formula is C19H15F3O3. The first-order valence-corrected chi connectivity index (χ1v) is 7.77. The summed E-state index contributed by atoms with van der Waals surface area (Å²) in [5.74, 6) is 0.0314. The summed E-state index contributed by atoms with van der Waals surface area (Å²) in [6.07, 6.45) is -1.50. The Labute approximate surface area is 142 Å². The van der Waals surface area contributed by atoms with Gasteiger partial charge in [0.25, 0.3) is 0 Å². The molecule has 0 aliphatic heterocycles. The van der Waals surface area contributed by atoms with Gasteiger partial charge in [-0.1, -0.05) is 30.3 Å². The van der Waals surface area contributed by atoms with Crippen molar-refractivity contribution in [1.29, 1.82) is 0 Å². The number of rotatable bonds is 3. The topological polar surface area (TPSA) is 35.5 Å². The van der Waals surface area contributed by atoms with Gasteiger partial charge in [0.2, 0.25) is 0 Å². The van der Waals surface area contributed by atoms with Crippen LogP contribution in [0.3, 0.4) is 0 Å². The van der Waals surface area contributed by atoms with Gasteiger partial charge < -0.3 is 9.47 Å². The fourth-order valence-electron chi connectivity index (χ4n) is 2.67. The second kappa shape index (κ2) is 7.01. The molecule has 0 atom stereocenters. The minimum atomic E-state index is -4.78. The van der Waals surface area contributed by atoms with Crippen molar-refractivity contribution in [3.05, 3.63) is 65.7 Å². The van der Waals surface area contributed by atoms with Gasteiger partial charge in [0.15, 0.2) is 5.78 Å². The molecule has 1 aliphatic carbocycles. The van der Waals surface area contributed by atoms with Crippen molar-refractivity contribution >= 4 is 11.5 Å². The Morgan fingerprint density at radius 2 is 1.68 bits per heavy atom. The van der Waals surface area contributed by atoms with Gasteiger partial charge in [0.05, 0.1) is 0 Å². The summed E-state index contributed by atoms with van der Waals surface area (Å²) in [4.78, 5) is 12.0. The fraction of sp³-hybridized carbons (Fsp3) is 0.211. The molecule has 25 heavy (non-hydrogen) atoms. The number of carbonyl (C=O) groups excluding carboxylic acids is 1. The SMILES string of the molecule is O=C1/C=C(/Oc2cccc(OC(F)(F)F)c2)c2ccccc2CCC1. The van der Waals surface area contributed by atoms with Crippen molar-refractivity contribution < 1.29 is 27.4 Å². The van der Waals surface area contributed by atoms with E-state index in [1.807, 2.05) is 24.3 Å².